The number of halogens is 2. The molecular weight excluding hydrogens is 464 g/mol. The molecule has 2 heterocycles. The van der Waals surface area contributed by atoms with Crippen LogP contribution in [0.25, 0.3) is 17.1 Å². The quantitative estimate of drug-likeness (QED) is 0.448. The first kappa shape index (κ1) is 24.0. The van der Waals surface area contributed by atoms with Gasteiger partial charge in [-0.05, 0) is 43.5 Å². The van der Waals surface area contributed by atoms with Crippen LogP contribution in [0, 0.1) is 5.92 Å². The molecule has 0 amide bonds. The van der Waals surface area contributed by atoms with Crippen molar-refractivity contribution in [1.82, 2.24) is 13.9 Å². The molecule has 0 spiro atoms. The number of nitrogens with zero attached hydrogens (tertiary/aromatic N) is 3. The molecule has 10 heteroatoms. The lowest BCUT2D eigenvalue weighted by molar-refractivity contribution is -0.155. The van der Waals surface area contributed by atoms with Crippen LogP contribution in [-0.2, 0) is 19.6 Å². The van der Waals surface area contributed by atoms with Crippen LogP contribution < -0.4 is 0 Å². The van der Waals surface area contributed by atoms with Gasteiger partial charge in [0.2, 0.25) is 10.0 Å². The summed E-state index contributed by atoms with van der Waals surface area (Å²) in [5.74, 6) is -1.09. The van der Waals surface area contributed by atoms with E-state index < -0.39 is 34.6 Å². The van der Waals surface area contributed by atoms with E-state index in [4.69, 9.17) is 4.74 Å². The number of carbonyl (C=O) groups excluding carboxylic acids is 1. The van der Waals surface area contributed by atoms with Gasteiger partial charge in [0.25, 0.3) is 0 Å². The molecule has 7 nitrogen and oxygen atoms in total. The highest BCUT2D eigenvalue weighted by Gasteiger charge is 2.33. The van der Waals surface area contributed by atoms with E-state index >= 15 is 0 Å². The van der Waals surface area contributed by atoms with Crippen molar-refractivity contribution in [2.24, 2.45) is 5.92 Å². The van der Waals surface area contributed by atoms with Crippen molar-refractivity contribution in [3.8, 4) is 0 Å². The van der Waals surface area contributed by atoms with E-state index in [0.717, 1.165) is 15.5 Å². The molecule has 3 aromatic rings. The Hall–Kier alpha value is -3.11. The molecule has 34 heavy (non-hydrogen) atoms. The third kappa shape index (κ3) is 5.18. The molecule has 0 N–H and O–H groups in total. The lowest BCUT2D eigenvalue weighted by Gasteiger charge is -2.29. The van der Waals surface area contributed by atoms with E-state index in [-0.39, 0.29) is 37.3 Å². The molecule has 1 aliphatic rings. The summed E-state index contributed by atoms with van der Waals surface area (Å²) in [6.45, 7) is -0.983. The van der Waals surface area contributed by atoms with Crippen molar-refractivity contribution in [2.75, 3.05) is 13.1 Å². The zero-order valence-electron chi connectivity index (χ0n) is 18.6. The molecule has 180 valence electrons. The topological polar surface area (TPSA) is 81.5 Å². The number of piperidine rings is 1. The fourth-order valence-corrected chi connectivity index (χ4v) is 5.26. The van der Waals surface area contributed by atoms with Crippen molar-refractivity contribution in [3.05, 3.63) is 71.4 Å². The van der Waals surface area contributed by atoms with E-state index in [9.17, 15) is 22.0 Å². The molecule has 4 rings (SSSR count). The second-order valence-electron chi connectivity index (χ2n) is 8.12. The Morgan fingerprint density at radius 1 is 1.09 bits per heavy atom. The molecule has 1 atom stereocenters. The predicted molar refractivity (Wildman–Crippen MR) is 124 cm³/mol. The largest absolute Gasteiger partial charge is 0.454 e. The number of hydrogen-bond donors (Lipinski definition) is 0. The lowest BCUT2D eigenvalue weighted by Crippen LogP contribution is -2.39. The fourth-order valence-electron chi connectivity index (χ4n) is 4.04. The van der Waals surface area contributed by atoms with Crippen LogP contribution >= 0.6 is 0 Å². The van der Waals surface area contributed by atoms with Gasteiger partial charge in [-0.15, -0.1) is 0 Å². The second kappa shape index (κ2) is 10.0. The van der Waals surface area contributed by atoms with E-state index in [2.05, 4.69) is 4.98 Å². The van der Waals surface area contributed by atoms with Gasteiger partial charge in [0.1, 0.15) is 0 Å². The van der Waals surface area contributed by atoms with Crippen molar-refractivity contribution < 1.29 is 26.7 Å². The minimum atomic E-state index is -3.62. The number of imidazole rings is 1. The zero-order chi connectivity index (χ0) is 24.3. The molecule has 1 fully saturated rings. The zero-order valence-corrected chi connectivity index (χ0v) is 19.4. The van der Waals surface area contributed by atoms with Gasteiger partial charge in [0.15, 0.2) is 11.9 Å². The standard InChI is InChI=1S/C24H25F2N3O4S/c1-17(22-27-20-9-5-6-10-21(20)29(22)24(25)26)33-23(30)19-11-14-28(15-12-19)34(31,32)16-13-18-7-3-2-4-8-18/h2-10,13,16-17,19,24H,11-12,14-15H2,1H3/b16-13+. The first-order valence-corrected chi connectivity index (χ1v) is 12.5. The minimum Gasteiger partial charge on any atom is -0.454 e. The van der Waals surface area contributed by atoms with Crippen LogP contribution in [0.15, 0.2) is 60.0 Å². The van der Waals surface area contributed by atoms with E-state index in [1.807, 2.05) is 18.2 Å². The SMILES string of the molecule is CC(OC(=O)C1CCN(S(=O)(=O)/C=C/c2ccccc2)CC1)c1nc2ccccc2n1C(F)F. The second-order valence-corrected chi connectivity index (χ2v) is 9.94. The normalized spacial score (nSPS) is 16.9. The number of aromatic nitrogens is 2. The average Bonchev–Trinajstić information content (AvgIpc) is 3.24. The van der Waals surface area contributed by atoms with Crippen molar-refractivity contribution in [3.63, 3.8) is 0 Å². The maximum absolute atomic E-state index is 13.7. The van der Waals surface area contributed by atoms with Crippen molar-refractivity contribution in [1.29, 1.82) is 0 Å². The van der Waals surface area contributed by atoms with Crippen LogP contribution in [0.1, 0.15) is 43.8 Å². The minimum absolute atomic E-state index is 0.0318. The number of esters is 1. The number of sulfonamides is 1. The molecule has 1 unspecified atom stereocenters. The Morgan fingerprint density at radius 2 is 1.74 bits per heavy atom. The van der Waals surface area contributed by atoms with E-state index in [0.29, 0.717) is 5.52 Å². The molecule has 0 aliphatic carbocycles. The molecule has 0 saturated carbocycles. The highest BCUT2D eigenvalue weighted by atomic mass is 32.2. The van der Waals surface area contributed by atoms with Gasteiger partial charge in [-0.3, -0.25) is 9.36 Å². The maximum atomic E-state index is 13.7. The summed E-state index contributed by atoms with van der Waals surface area (Å²) >= 11 is 0. The van der Waals surface area contributed by atoms with Gasteiger partial charge >= 0.3 is 12.5 Å². The smallest absolute Gasteiger partial charge is 0.320 e. The number of benzene rings is 2. The number of para-hydroxylation sites is 2. The molecule has 2 aromatic carbocycles. The fraction of sp³-hybridized carbons (Fsp3) is 0.333. The van der Waals surface area contributed by atoms with Gasteiger partial charge in [0.05, 0.1) is 17.0 Å². The summed E-state index contributed by atoms with van der Waals surface area (Å²) in [5.41, 5.74) is 1.42. The maximum Gasteiger partial charge on any atom is 0.320 e. The van der Waals surface area contributed by atoms with Gasteiger partial charge in [-0.2, -0.15) is 13.1 Å². The Balaban J connectivity index is 1.38. The van der Waals surface area contributed by atoms with Gasteiger partial charge in [0, 0.05) is 18.5 Å². The highest BCUT2D eigenvalue weighted by molar-refractivity contribution is 7.92. The highest BCUT2D eigenvalue weighted by Crippen LogP contribution is 2.30. The Kier molecular flexibility index (Phi) is 7.08. The molecule has 1 aromatic heterocycles. The summed E-state index contributed by atoms with van der Waals surface area (Å²) in [6, 6.07) is 15.6. The Bertz CT molecular complexity index is 1280. The Labute approximate surface area is 196 Å². The number of rotatable bonds is 7. The Morgan fingerprint density at radius 3 is 2.41 bits per heavy atom. The third-order valence-electron chi connectivity index (χ3n) is 5.85. The summed E-state index contributed by atoms with van der Waals surface area (Å²) in [5, 5.41) is 1.16. The predicted octanol–water partition coefficient (Wildman–Crippen LogP) is 4.75. The number of alkyl halides is 2. The van der Waals surface area contributed by atoms with Crippen LogP contribution in [0.2, 0.25) is 0 Å². The summed E-state index contributed by atoms with van der Waals surface area (Å²) in [7, 11) is -3.62. The average molecular weight is 490 g/mol. The van der Waals surface area contributed by atoms with E-state index in [1.54, 1.807) is 30.3 Å². The van der Waals surface area contributed by atoms with Crippen molar-refractivity contribution >= 4 is 33.1 Å². The summed E-state index contributed by atoms with van der Waals surface area (Å²) in [6.07, 6.45) is 1.13. The van der Waals surface area contributed by atoms with Crippen LogP contribution in [0.5, 0.6) is 0 Å². The molecular formula is C24H25F2N3O4S. The summed E-state index contributed by atoms with van der Waals surface area (Å²) < 4.78 is 60.2. The number of fused-ring (bicyclic) bond motifs is 1. The molecule has 1 saturated heterocycles. The third-order valence-corrected chi connectivity index (χ3v) is 7.42. The van der Waals surface area contributed by atoms with E-state index in [1.165, 1.54) is 23.4 Å². The number of ether oxygens (including phenoxy) is 1. The number of hydrogen-bond acceptors (Lipinski definition) is 5. The molecule has 0 bridgehead atoms. The van der Waals surface area contributed by atoms with Gasteiger partial charge < -0.3 is 4.74 Å². The van der Waals surface area contributed by atoms with Crippen molar-refractivity contribution in [2.45, 2.75) is 32.4 Å². The van der Waals surface area contributed by atoms with Crippen LogP contribution in [0.3, 0.4) is 0 Å². The molecule has 0 radical (unpaired) electrons. The first-order valence-electron chi connectivity index (χ1n) is 10.9. The lowest BCUT2D eigenvalue weighted by atomic mass is 9.98. The monoisotopic (exact) mass is 489 g/mol. The van der Waals surface area contributed by atoms with Crippen LogP contribution in [0.4, 0.5) is 8.78 Å². The first-order chi connectivity index (χ1) is 16.3. The molecule has 1 aliphatic heterocycles. The van der Waals surface area contributed by atoms with Gasteiger partial charge in [-0.25, -0.2) is 13.4 Å². The van der Waals surface area contributed by atoms with Crippen LogP contribution in [-0.4, -0.2) is 41.3 Å². The number of carbonyl (C=O) groups is 1. The van der Waals surface area contributed by atoms with Gasteiger partial charge in [-0.1, -0.05) is 42.5 Å². The summed E-state index contributed by atoms with van der Waals surface area (Å²) in [4.78, 5) is 16.9.